The van der Waals surface area contributed by atoms with Gasteiger partial charge in [-0.3, -0.25) is 4.79 Å². The highest BCUT2D eigenvalue weighted by atomic mass is 16.1. The van der Waals surface area contributed by atoms with E-state index >= 15 is 0 Å². The van der Waals surface area contributed by atoms with Crippen LogP contribution in [-0.2, 0) is 4.79 Å². The minimum absolute atomic E-state index is 0.242. The van der Waals surface area contributed by atoms with Gasteiger partial charge in [0, 0.05) is 12.5 Å². The van der Waals surface area contributed by atoms with Gasteiger partial charge in [-0.15, -0.1) is 0 Å². The van der Waals surface area contributed by atoms with Crippen LogP contribution in [0.1, 0.15) is 78.6 Å². The Morgan fingerprint density at radius 1 is 1.35 bits per heavy atom. The summed E-state index contributed by atoms with van der Waals surface area (Å²) in [7, 11) is 0. The summed E-state index contributed by atoms with van der Waals surface area (Å²) in [6.07, 6.45) is 9.89. The molecule has 0 radical (unpaired) electrons. The number of nitrogens with one attached hydrogen (secondary N) is 1. The summed E-state index contributed by atoms with van der Waals surface area (Å²) in [5.41, 5.74) is 6.03. The number of carbonyl (C=O) groups is 1. The lowest BCUT2D eigenvalue weighted by Crippen LogP contribution is -2.40. The third-order valence-corrected chi connectivity index (χ3v) is 4.62. The van der Waals surface area contributed by atoms with E-state index in [1.54, 1.807) is 0 Å². The van der Waals surface area contributed by atoms with E-state index in [-0.39, 0.29) is 5.91 Å². The van der Waals surface area contributed by atoms with Crippen LogP contribution in [0.2, 0.25) is 0 Å². The Labute approximate surface area is 125 Å². The van der Waals surface area contributed by atoms with Gasteiger partial charge in [-0.2, -0.15) is 0 Å². The zero-order valence-corrected chi connectivity index (χ0v) is 13.7. The molecule has 3 N–H and O–H groups in total. The van der Waals surface area contributed by atoms with Crippen molar-refractivity contribution in [2.24, 2.45) is 17.1 Å². The Bertz CT molecular complexity index is 283. The van der Waals surface area contributed by atoms with Crippen molar-refractivity contribution in [3.63, 3.8) is 0 Å². The van der Waals surface area contributed by atoms with Gasteiger partial charge in [0.15, 0.2) is 0 Å². The Hall–Kier alpha value is -0.570. The molecule has 0 aromatic carbocycles. The highest BCUT2D eigenvalue weighted by molar-refractivity contribution is 5.76. The van der Waals surface area contributed by atoms with Crippen LogP contribution in [0, 0.1) is 11.3 Å². The summed E-state index contributed by atoms with van der Waals surface area (Å²) in [6.45, 7) is 7.56. The van der Waals surface area contributed by atoms with E-state index in [4.69, 9.17) is 5.73 Å². The van der Waals surface area contributed by atoms with Crippen LogP contribution in [0.5, 0.6) is 0 Å². The van der Waals surface area contributed by atoms with Crippen LogP contribution < -0.4 is 11.1 Å². The second kappa shape index (κ2) is 8.66. The minimum atomic E-state index is 0.242. The summed E-state index contributed by atoms with van der Waals surface area (Å²) in [6, 6.07) is 0.394. The molecule has 1 amide bonds. The molecule has 2 unspecified atom stereocenters. The smallest absolute Gasteiger partial charge is 0.220 e. The van der Waals surface area contributed by atoms with Crippen LogP contribution in [0.15, 0.2) is 0 Å². The molecule has 0 aliphatic heterocycles. The van der Waals surface area contributed by atoms with Crippen molar-refractivity contribution in [1.29, 1.82) is 0 Å². The predicted octanol–water partition coefficient (Wildman–Crippen LogP) is 3.62. The van der Waals surface area contributed by atoms with Crippen molar-refractivity contribution in [3.8, 4) is 0 Å². The molecule has 0 spiro atoms. The SMILES string of the molecule is CCCC(CCN)CCC(=O)NC1CCCC(C)(C)C1. The number of rotatable bonds is 8. The van der Waals surface area contributed by atoms with Gasteiger partial charge >= 0.3 is 0 Å². The molecule has 1 saturated carbocycles. The predicted molar refractivity (Wildman–Crippen MR) is 85.5 cm³/mol. The van der Waals surface area contributed by atoms with Crippen LogP contribution in [0.3, 0.4) is 0 Å². The average Bonchev–Trinajstić information content (AvgIpc) is 2.35. The van der Waals surface area contributed by atoms with Crippen molar-refractivity contribution in [3.05, 3.63) is 0 Å². The maximum absolute atomic E-state index is 12.1. The van der Waals surface area contributed by atoms with Gasteiger partial charge in [-0.05, 0) is 50.0 Å². The third-order valence-electron chi connectivity index (χ3n) is 4.62. The zero-order valence-electron chi connectivity index (χ0n) is 13.7. The van der Waals surface area contributed by atoms with Crippen LogP contribution >= 0.6 is 0 Å². The maximum Gasteiger partial charge on any atom is 0.220 e. The Balaban J connectivity index is 2.28. The van der Waals surface area contributed by atoms with Gasteiger partial charge < -0.3 is 11.1 Å². The van der Waals surface area contributed by atoms with Crippen LogP contribution in [0.25, 0.3) is 0 Å². The fraction of sp³-hybridized carbons (Fsp3) is 0.941. The summed E-state index contributed by atoms with van der Waals surface area (Å²) in [5, 5.41) is 3.24. The molecule has 1 rings (SSSR count). The first kappa shape index (κ1) is 17.5. The highest BCUT2D eigenvalue weighted by Crippen LogP contribution is 2.35. The van der Waals surface area contributed by atoms with Gasteiger partial charge in [0.2, 0.25) is 5.91 Å². The summed E-state index contributed by atoms with van der Waals surface area (Å²) < 4.78 is 0. The molecular weight excluding hydrogens is 248 g/mol. The van der Waals surface area contributed by atoms with Gasteiger partial charge in [0.05, 0.1) is 0 Å². The summed E-state index contributed by atoms with van der Waals surface area (Å²) >= 11 is 0. The molecule has 0 aromatic heterocycles. The monoisotopic (exact) mass is 282 g/mol. The number of hydrogen-bond donors (Lipinski definition) is 2. The normalized spacial score (nSPS) is 23.3. The molecule has 2 atom stereocenters. The molecule has 0 heterocycles. The standard InChI is InChI=1S/C17H34N2O/c1-4-6-14(10-12-18)8-9-16(20)19-15-7-5-11-17(2,3)13-15/h14-15H,4-13,18H2,1-3H3,(H,19,20). The van der Waals surface area contributed by atoms with Crippen LogP contribution in [-0.4, -0.2) is 18.5 Å². The molecule has 1 aliphatic rings. The first-order valence-electron chi connectivity index (χ1n) is 8.46. The van der Waals surface area contributed by atoms with E-state index in [1.165, 1.54) is 25.7 Å². The van der Waals surface area contributed by atoms with Crippen molar-refractivity contribution >= 4 is 5.91 Å². The highest BCUT2D eigenvalue weighted by Gasteiger charge is 2.28. The number of carbonyl (C=O) groups excluding carboxylic acids is 1. The molecule has 0 saturated heterocycles. The van der Waals surface area contributed by atoms with Crippen molar-refractivity contribution < 1.29 is 4.79 Å². The molecule has 1 aliphatic carbocycles. The average molecular weight is 282 g/mol. The Kier molecular flexibility index (Phi) is 7.57. The zero-order chi connectivity index (χ0) is 15.0. The van der Waals surface area contributed by atoms with Crippen molar-refractivity contribution in [1.82, 2.24) is 5.32 Å². The van der Waals surface area contributed by atoms with Gasteiger partial charge in [-0.25, -0.2) is 0 Å². The lowest BCUT2D eigenvalue weighted by atomic mass is 9.75. The number of nitrogens with two attached hydrogens (primary N) is 1. The molecular formula is C17H34N2O. The number of amides is 1. The third kappa shape index (κ3) is 6.74. The maximum atomic E-state index is 12.1. The minimum Gasteiger partial charge on any atom is -0.353 e. The van der Waals surface area contributed by atoms with E-state index in [0.717, 1.165) is 32.2 Å². The number of hydrogen-bond acceptors (Lipinski definition) is 2. The molecule has 3 heteroatoms. The lowest BCUT2D eigenvalue weighted by Gasteiger charge is -2.35. The first-order valence-corrected chi connectivity index (χ1v) is 8.46. The fourth-order valence-electron chi connectivity index (χ4n) is 3.53. The van der Waals surface area contributed by atoms with Gasteiger partial charge in [-0.1, -0.05) is 40.0 Å². The van der Waals surface area contributed by atoms with Gasteiger partial charge in [0.1, 0.15) is 0 Å². The Morgan fingerprint density at radius 3 is 2.70 bits per heavy atom. The van der Waals surface area contributed by atoms with Gasteiger partial charge in [0.25, 0.3) is 0 Å². The second-order valence-corrected chi connectivity index (χ2v) is 7.30. The van der Waals surface area contributed by atoms with Crippen molar-refractivity contribution in [2.75, 3.05) is 6.54 Å². The molecule has 0 bridgehead atoms. The molecule has 1 fully saturated rings. The van der Waals surface area contributed by atoms with Crippen LogP contribution in [0.4, 0.5) is 0 Å². The summed E-state index contributed by atoms with van der Waals surface area (Å²) in [5.74, 6) is 0.865. The molecule has 118 valence electrons. The van der Waals surface area contributed by atoms with E-state index in [9.17, 15) is 4.79 Å². The van der Waals surface area contributed by atoms with E-state index < -0.39 is 0 Å². The quantitative estimate of drug-likeness (QED) is 0.714. The second-order valence-electron chi connectivity index (χ2n) is 7.30. The van der Waals surface area contributed by atoms with E-state index in [2.05, 4.69) is 26.1 Å². The molecule has 0 aromatic rings. The largest absolute Gasteiger partial charge is 0.353 e. The lowest BCUT2D eigenvalue weighted by molar-refractivity contribution is -0.122. The first-order chi connectivity index (χ1) is 9.46. The van der Waals surface area contributed by atoms with E-state index in [1.807, 2.05) is 0 Å². The fourth-order valence-corrected chi connectivity index (χ4v) is 3.53. The van der Waals surface area contributed by atoms with E-state index in [0.29, 0.717) is 23.8 Å². The molecule has 20 heavy (non-hydrogen) atoms. The Morgan fingerprint density at radius 2 is 2.10 bits per heavy atom. The van der Waals surface area contributed by atoms with Crippen molar-refractivity contribution in [2.45, 2.75) is 84.6 Å². The topological polar surface area (TPSA) is 55.1 Å². The summed E-state index contributed by atoms with van der Waals surface area (Å²) in [4.78, 5) is 12.1. The molecule has 3 nitrogen and oxygen atoms in total.